The van der Waals surface area contributed by atoms with Gasteiger partial charge in [0, 0.05) is 18.1 Å². The minimum Gasteiger partial charge on any atom is -0.338 e. The van der Waals surface area contributed by atoms with Gasteiger partial charge in [-0.25, -0.2) is 0 Å². The van der Waals surface area contributed by atoms with E-state index in [1.54, 1.807) is 17.2 Å². The lowest BCUT2D eigenvalue weighted by molar-refractivity contribution is -0.134. The lowest BCUT2D eigenvalue weighted by atomic mass is 10.1. The van der Waals surface area contributed by atoms with Gasteiger partial charge in [-0.1, -0.05) is 18.2 Å². The zero-order chi connectivity index (χ0) is 17.4. The Morgan fingerprint density at radius 2 is 2.08 bits per heavy atom. The first-order chi connectivity index (χ1) is 12.1. The van der Waals surface area contributed by atoms with Crippen molar-refractivity contribution in [3.05, 3.63) is 42.1 Å². The average molecular weight is 334 g/mol. The molecule has 2 aromatic rings. The van der Waals surface area contributed by atoms with Crippen molar-refractivity contribution in [3.63, 3.8) is 0 Å². The molecule has 2 heterocycles. The Morgan fingerprint density at radius 1 is 1.28 bits per heavy atom. The van der Waals surface area contributed by atoms with E-state index in [-0.39, 0.29) is 17.9 Å². The number of nitrogens with zero attached hydrogens (tertiary/aromatic N) is 3. The monoisotopic (exact) mass is 334 g/mol. The van der Waals surface area contributed by atoms with E-state index in [0.717, 1.165) is 17.3 Å². The molecule has 1 aliphatic carbocycles. The van der Waals surface area contributed by atoms with Crippen molar-refractivity contribution in [2.24, 2.45) is 0 Å². The number of nitrogens with one attached hydrogen (secondary N) is 1. The summed E-state index contributed by atoms with van der Waals surface area (Å²) in [5.74, 6) is -0.389. The van der Waals surface area contributed by atoms with Crippen molar-refractivity contribution in [1.82, 2.24) is 15.2 Å². The van der Waals surface area contributed by atoms with Crippen molar-refractivity contribution in [3.8, 4) is 6.07 Å². The van der Waals surface area contributed by atoms with Crippen LogP contribution in [-0.2, 0) is 4.79 Å². The molecular weight excluding hydrogens is 316 g/mol. The number of likely N-dealkylation sites (tertiary alicyclic amines) is 1. The quantitative estimate of drug-likeness (QED) is 0.930. The van der Waals surface area contributed by atoms with Gasteiger partial charge >= 0.3 is 0 Å². The third kappa shape index (κ3) is 2.62. The number of hydrogen-bond donors (Lipinski definition) is 1. The molecule has 1 saturated heterocycles. The summed E-state index contributed by atoms with van der Waals surface area (Å²) < 4.78 is 0. The predicted octanol–water partition coefficient (Wildman–Crippen LogP) is 2.01. The molecule has 0 radical (unpaired) electrons. The van der Waals surface area contributed by atoms with E-state index in [1.165, 1.54) is 0 Å². The summed E-state index contributed by atoms with van der Waals surface area (Å²) in [6.07, 6.45) is 4.39. The zero-order valence-electron chi connectivity index (χ0n) is 13.7. The number of benzene rings is 1. The van der Waals surface area contributed by atoms with Gasteiger partial charge in [-0.3, -0.25) is 14.6 Å². The molecule has 1 aromatic heterocycles. The first-order valence-electron chi connectivity index (χ1n) is 8.52. The Labute approximate surface area is 145 Å². The number of carbonyl (C=O) groups is 2. The Kier molecular flexibility index (Phi) is 3.65. The van der Waals surface area contributed by atoms with Crippen LogP contribution in [0.25, 0.3) is 10.9 Å². The molecule has 1 saturated carbocycles. The summed E-state index contributed by atoms with van der Waals surface area (Å²) in [7, 11) is 0. The normalized spacial score (nSPS) is 20.9. The largest absolute Gasteiger partial charge is 0.338 e. The van der Waals surface area contributed by atoms with E-state index >= 15 is 0 Å². The third-order valence-electron chi connectivity index (χ3n) is 5.07. The first kappa shape index (κ1) is 15.6. The summed E-state index contributed by atoms with van der Waals surface area (Å²) in [6, 6.07) is 10.9. The number of rotatable bonds is 3. The number of aromatic nitrogens is 1. The van der Waals surface area contributed by atoms with Crippen LogP contribution in [-0.4, -0.2) is 39.8 Å². The Balaban J connectivity index is 1.58. The van der Waals surface area contributed by atoms with Crippen LogP contribution in [0.2, 0.25) is 0 Å². The van der Waals surface area contributed by atoms with Crippen molar-refractivity contribution >= 4 is 22.7 Å². The van der Waals surface area contributed by atoms with Gasteiger partial charge in [0.25, 0.3) is 5.91 Å². The number of amides is 2. The van der Waals surface area contributed by atoms with Crippen molar-refractivity contribution < 1.29 is 9.59 Å². The van der Waals surface area contributed by atoms with Gasteiger partial charge in [0.1, 0.15) is 11.6 Å². The first-order valence-corrected chi connectivity index (χ1v) is 8.52. The summed E-state index contributed by atoms with van der Waals surface area (Å²) in [5.41, 5.74) is 0.416. The van der Waals surface area contributed by atoms with E-state index in [4.69, 9.17) is 0 Å². The highest BCUT2D eigenvalue weighted by Crippen LogP contribution is 2.39. The zero-order valence-corrected chi connectivity index (χ0v) is 13.7. The topological polar surface area (TPSA) is 86.1 Å². The number of pyridine rings is 1. The van der Waals surface area contributed by atoms with Crippen LogP contribution in [0.3, 0.4) is 0 Å². The van der Waals surface area contributed by atoms with Crippen LogP contribution in [0.4, 0.5) is 0 Å². The highest BCUT2D eigenvalue weighted by Gasteiger charge is 2.54. The molecule has 1 aromatic carbocycles. The van der Waals surface area contributed by atoms with Crippen LogP contribution in [0.1, 0.15) is 36.0 Å². The molecule has 0 spiro atoms. The van der Waals surface area contributed by atoms with Crippen LogP contribution >= 0.6 is 0 Å². The van der Waals surface area contributed by atoms with E-state index < -0.39 is 5.54 Å². The standard InChI is InChI=1S/C19H18N4O2/c20-12-13-4-3-11-23(13)18(25)19(8-9-19)22-17(24)15-7-10-21-16-6-2-1-5-14(15)16/h1-2,5-7,10,13H,3-4,8-9,11H2,(H,22,24)/t13-/m0/s1. The van der Waals surface area contributed by atoms with Gasteiger partial charge < -0.3 is 10.2 Å². The highest BCUT2D eigenvalue weighted by molar-refractivity contribution is 6.08. The molecule has 1 atom stereocenters. The maximum atomic E-state index is 12.9. The van der Waals surface area contributed by atoms with Gasteiger partial charge in [-0.05, 0) is 37.8 Å². The Morgan fingerprint density at radius 3 is 2.84 bits per heavy atom. The number of hydrogen-bond acceptors (Lipinski definition) is 4. The van der Waals surface area contributed by atoms with Gasteiger partial charge in [0.15, 0.2) is 0 Å². The van der Waals surface area contributed by atoms with Crippen LogP contribution in [0.15, 0.2) is 36.5 Å². The summed E-state index contributed by atoms with van der Waals surface area (Å²) in [5, 5.41) is 12.9. The van der Waals surface area contributed by atoms with Gasteiger partial charge in [0.05, 0.1) is 17.1 Å². The van der Waals surface area contributed by atoms with Crippen LogP contribution < -0.4 is 5.32 Å². The Bertz CT molecular complexity index is 892. The molecule has 0 bridgehead atoms. The maximum Gasteiger partial charge on any atom is 0.252 e. The minimum atomic E-state index is -0.846. The van der Waals surface area contributed by atoms with E-state index in [2.05, 4.69) is 16.4 Å². The van der Waals surface area contributed by atoms with Gasteiger partial charge in [0.2, 0.25) is 5.91 Å². The average Bonchev–Trinajstić information content (AvgIpc) is 3.26. The molecular formula is C19H18N4O2. The fourth-order valence-corrected chi connectivity index (χ4v) is 3.51. The molecule has 1 aliphatic heterocycles. The van der Waals surface area contributed by atoms with Crippen LogP contribution in [0.5, 0.6) is 0 Å². The molecule has 2 aliphatic rings. The SMILES string of the molecule is N#C[C@@H]1CCCN1C(=O)C1(NC(=O)c2ccnc3ccccc23)CC1. The number of fused-ring (bicyclic) bond motifs is 1. The minimum absolute atomic E-state index is 0.122. The van der Waals surface area contributed by atoms with Crippen molar-refractivity contribution in [2.75, 3.05) is 6.54 Å². The van der Waals surface area contributed by atoms with Gasteiger partial charge in [-0.2, -0.15) is 5.26 Å². The second-order valence-corrected chi connectivity index (χ2v) is 6.70. The molecule has 6 heteroatoms. The molecule has 126 valence electrons. The molecule has 2 amide bonds. The summed E-state index contributed by atoms with van der Waals surface area (Å²) >= 11 is 0. The van der Waals surface area contributed by atoms with E-state index in [0.29, 0.717) is 31.4 Å². The third-order valence-corrected chi connectivity index (χ3v) is 5.07. The molecule has 0 unspecified atom stereocenters. The molecule has 2 fully saturated rings. The van der Waals surface area contributed by atoms with E-state index in [9.17, 15) is 14.9 Å². The predicted molar refractivity (Wildman–Crippen MR) is 91.5 cm³/mol. The second-order valence-electron chi connectivity index (χ2n) is 6.70. The summed E-state index contributed by atoms with van der Waals surface area (Å²) in [6.45, 7) is 0.590. The lowest BCUT2D eigenvalue weighted by Crippen LogP contribution is -2.51. The lowest BCUT2D eigenvalue weighted by Gasteiger charge is -2.26. The van der Waals surface area contributed by atoms with E-state index in [1.807, 2.05) is 24.3 Å². The smallest absolute Gasteiger partial charge is 0.252 e. The fraction of sp³-hybridized carbons (Fsp3) is 0.368. The van der Waals surface area contributed by atoms with Crippen LogP contribution in [0, 0.1) is 11.3 Å². The molecule has 1 N–H and O–H groups in total. The highest BCUT2D eigenvalue weighted by atomic mass is 16.2. The summed E-state index contributed by atoms with van der Waals surface area (Å²) in [4.78, 5) is 31.6. The number of nitriles is 1. The Hall–Kier alpha value is -2.94. The molecule has 6 nitrogen and oxygen atoms in total. The van der Waals surface area contributed by atoms with Crippen molar-refractivity contribution in [1.29, 1.82) is 5.26 Å². The molecule has 25 heavy (non-hydrogen) atoms. The second kappa shape index (κ2) is 5.85. The fourth-order valence-electron chi connectivity index (χ4n) is 3.51. The number of carbonyl (C=O) groups excluding carboxylic acids is 2. The maximum absolute atomic E-state index is 12.9. The van der Waals surface area contributed by atoms with Crippen molar-refractivity contribution in [2.45, 2.75) is 37.3 Å². The number of para-hydroxylation sites is 1. The molecule has 4 rings (SSSR count). The van der Waals surface area contributed by atoms with Gasteiger partial charge in [-0.15, -0.1) is 0 Å².